The number of alkyl halides is 2. The van der Waals surface area contributed by atoms with Crippen molar-refractivity contribution in [1.29, 1.82) is 0 Å². The minimum atomic E-state index is -2.92. The maximum atomic E-state index is 12.5. The molecule has 1 aromatic carbocycles. The van der Waals surface area contributed by atoms with Crippen LogP contribution in [0.1, 0.15) is 46.6 Å². The Kier molecular flexibility index (Phi) is 8.75. The first-order chi connectivity index (χ1) is 16.3. The molecule has 1 aromatic heterocycles. The van der Waals surface area contributed by atoms with Gasteiger partial charge in [0.1, 0.15) is 10.8 Å². The number of benzene rings is 1. The van der Waals surface area contributed by atoms with E-state index >= 15 is 0 Å². The quantitative estimate of drug-likeness (QED) is 0.397. The van der Waals surface area contributed by atoms with E-state index in [2.05, 4.69) is 17.0 Å². The maximum absolute atomic E-state index is 12.5. The third kappa shape index (κ3) is 6.86. The number of carbonyl (C=O) groups excluding carboxylic acids is 3. The number of hydrogen-bond donors (Lipinski definition) is 1. The third-order valence-corrected chi connectivity index (χ3v) is 6.28. The van der Waals surface area contributed by atoms with Crippen LogP contribution in [0.2, 0.25) is 0 Å². The molecule has 0 bridgehead atoms. The van der Waals surface area contributed by atoms with E-state index in [1.165, 1.54) is 41.7 Å². The summed E-state index contributed by atoms with van der Waals surface area (Å²) in [5, 5.41) is 3.08. The van der Waals surface area contributed by atoms with E-state index in [4.69, 9.17) is 9.47 Å². The Morgan fingerprint density at radius 3 is 2.62 bits per heavy atom. The zero-order valence-corrected chi connectivity index (χ0v) is 19.6. The number of halogens is 2. The molecule has 0 spiro atoms. The Bertz CT molecular complexity index is 1060. The van der Waals surface area contributed by atoms with Crippen LogP contribution in [-0.2, 0) is 31.9 Å². The van der Waals surface area contributed by atoms with Crippen LogP contribution in [0, 0.1) is 5.92 Å². The number of rotatable bonds is 9. The average molecular weight is 494 g/mol. The lowest BCUT2D eigenvalue weighted by Gasteiger charge is -2.18. The van der Waals surface area contributed by atoms with Crippen LogP contribution >= 0.6 is 11.3 Å². The summed E-state index contributed by atoms with van der Waals surface area (Å²) >= 11 is 1.35. The molecule has 0 fully saturated rings. The highest BCUT2D eigenvalue weighted by atomic mass is 32.1. The van der Waals surface area contributed by atoms with Gasteiger partial charge in [0, 0.05) is 11.0 Å². The van der Waals surface area contributed by atoms with Gasteiger partial charge in [-0.1, -0.05) is 19.1 Å². The first-order valence-corrected chi connectivity index (χ1v) is 11.6. The van der Waals surface area contributed by atoms with Crippen LogP contribution < -0.4 is 10.1 Å². The van der Waals surface area contributed by atoms with E-state index in [0.717, 1.165) is 35.8 Å². The lowest BCUT2D eigenvalue weighted by molar-refractivity contribution is -0.142. The molecule has 0 radical (unpaired) electrons. The third-order valence-electron chi connectivity index (χ3n) is 5.11. The second kappa shape index (κ2) is 11.7. The zero-order chi connectivity index (χ0) is 24.7. The molecular weight excluding hydrogens is 468 g/mol. The van der Waals surface area contributed by atoms with Crippen molar-refractivity contribution in [3.8, 4) is 5.75 Å². The molecule has 0 aliphatic heterocycles. The van der Waals surface area contributed by atoms with Crippen LogP contribution in [-0.4, -0.2) is 37.7 Å². The molecule has 0 saturated carbocycles. The van der Waals surface area contributed by atoms with Crippen molar-refractivity contribution in [2.24, 2.45) is 5.92 Å². The summed E-state index contributed by atoms with van der Waals surface area (Å²) in [7, 11) is 0. The highest BCUT2D eigenvalue weighted by Crippen LogP contribution is 2.40. The number of hydrogen-bond acceptors (Lipinski definition) is 7. The number of ether oxygens (including phenoxy) is 3. The molecule has 3 rings (SSSR count). The molecule has 34 heavy (non-hydrogen) atoms. The van der Waals surface area contributed by atoms with Gasteiger partial charge in [-0.3, -0.25) is 4.79 Å². The van der Waals surface area contributed by atoms with Gasteiger partial charge in [-0.25, -0.2) is 9.59 Å². The van der Waals surface area contributed by atoms with Crippen LogP contribution in [0.4, 0.5) is 13.8 Å². The normalized spacial score (nSPS) is 15.1. The number of fused-ring (bicyclic) bond motifs is 1. The molecular formula is C24H25F2NO6S. The molecule has 1 heterocycles. The predicted octanol–water partition coefficient (Wildman–Crippen LogP) is 4.85. The molecule has 7 nitrogen and oxygen atoms in total. The number of anilines is 1. The van der Waals surface area contributed by atoms with Crippen molar-refractivity contribution in [2.75, 3.05) is 18.5 Å². The predicted molar refractivity (Wildman–Crippen MR) is 123 cm³/mol. The number of carbonyl (C=O) groups is 3. The fourth-order valence-corrected chi connectivity index (χ4v) is 4.95. The van der Waals surface area contributed by atoms with Crippen molar-refractivity contribution in [3.05, 3.63) is 51.9 Å². The second-order valence-corrected chi connectivity index (χ2v) is 8.82. The largest absolute Gasteiger partial charge is 0.462 e. The highest BCUT2D eigenvalue weighted by molar-refractivity contribution is 7.17. The van der Waals surface area contributed by atoms with Gasteiger partial charge in [0.15, 0.2) is 6.61 Å². The van der Waals surface area contributed by atoms with Crippen LogP contribution in [0.25, 0.3) is 6.08 Å². The van der Waals surface area contributed by atoms with Crippen molar-refractivity contribution >= 4 is 40.3 Å². The number of thiophene rings is 1. The monoisotopic (exact) mass is 493 g/mol. The summed E-state index contributed by atoms with van der Waals surface area (Å²) in [6, 6.07) is 5.66. The van der Waals surface area contributed by atoms with E-state index in [1.807, 2.05) is 0 Å². The van der Waals surface area contributed by atoms with Crippen LogP contribution in [0.3, 0.4) is 0 Å². The Morgan fingerprint density at radius 2 is 1.94 bits per heavy atom. The second-order valence-electron chi connectivity index (χ2n) is 7.71. The van der Waals surface area contributed by atoms with Gasteiger partial charge in [0.05, 0.1) is 12.2 Å². The lowest BCUT2D eigenvalue weighted by atomic mass is 9.88. The van der Waals surface area contributed by atoms with Crippen LogP contribution in [0.15, 0.2) is 30.3 Å². The number of nitrogens with one attached hydrogen (secondary N) is 1. The molecule has 0 saturated heterocycles. The molecule has 182 valence electrons. The fraction of sp³-hybridized carbons (Fsp3) is 0.375. The highest BCUT2D eigenvalue weighted by Gasteiger charge is 2.29. The summed E-state index contributed by atoms with van der Waals surface area (Å²) in [4.78, 5) is 37.9. The standard InChI is InChI=1S/C24H25F2NO6S/c1-3-31-23(30)21-17-10-4-14(2)12-18(17)34-22(21)27-19(28)13-32-20(29)11-7-15-5-8-16(9-6-15)33-24(25)26/h5-9,11,14,24H,3-4,10,12-13H2,1-2H3,(H,27,28)/b11-7+. The van der Waals surface area contributed by atoms with Gasteiger partial charge in [0.25, 0.3) is 5.91 Å². The van der Waals surface area contributed by atoms with Gasteiger partial charge >= 0.3 is 18.6 Å². The topological polar surface area (TPSA) is 90.9 Å². The Morgan fingerprint density at radius 1 is 1.21 bits per heavy atom. The minimum absolute atomic E-state index is 0.00157. The van der Waals surface area contributed by atoms with Crippen molar-refractivity contribution < 1.29 is 37.4 Å². The van der Waals surface area contributed by atoms with E-state index in [1.54, 1.807) is 6.92 Å². The van der Waals surface area contributed by atoms with E-state index in [-0.39, 0.29) is 12.4 Å². The maximum Gasteiger partial charge on any atom is 0.387 e. The van der Waals surface area contributed by atoms with E-state index in [0.29, 0.717) is 22.0 Å². The van der Waals surface area contributed by atoms with Gasteiger partial charge in [-0.05, 0) is 61.4 Å². The van der Waals surface area contributed by atoms with E-state index < -0.39 is 31.1 Å². The van der Waals surface area contributed by atoms with Crippen molar-refractivity contribution in [2.45, 2.75) is 39.7 Å². The molecule has 1 unspecified atom stereocenters. The molecule has 1 N–H and O–H groups in total. The van der Waals surface area contributed by atoms with Gasteiger partial charge in [-0.15, -0.1) is 11.3 Å². The lowest BCUT2D eigenvalue weighted by Crippen LogP contribution is -2.21. The summed E-state index contributed by atoms with van der Waals surface area (Å²) in [6.07, 6.45) is 5.06. The summed E-state index contributed by atoms with van der Waals surface area (Å²) in [5.41, 5.74) is 1.86. The molecule has 1 aliphatic carbocycles. The van der Waals surface area contributed by atoms with Crippen LogP contribution in [0.5, 0.6) is 5.75 Å². The summed E-state index contributed by atoms with van der Waals surface area (Å²) < 4.78 is 38.8. The molecule has 10 heteroatoms. The van der Waals surface area contributed by atoms with Gasteiger partial charge in [-0.2, -0.15) is 8.78 Å². The Hall–Kier alpha value is -3.27. The minimum Gasteiger partial charge on any atom is -0.462 e. The summed E-state index contributed by atoms with van der Waals surface area (Å²) in [6.45, 7) is 0.628. The smallest absolute Gasteiger partial charge is 0.387 e. The zero-order valence-electron chi connectivity index (χ0n) is 18.8. The SMILES string of the molecule is CCOC(=O)c1c(NC(=O)COC(=O)/C=C/c2ccc(OC(F)F)cc2)sc2c1CCC(C)C2. The number of esters is 2. The summed E-state index contributed by atoms with van der Waals surface area (Å²) in [5.74, 6) is -1.32. The van der Waals surface area contributed by atoms with Crippen molar-refractivity contribution in [3.63, 3.8) is 0 Å². The van der Waals surface area contributed by atoms with Gasteiger partial charge < -0.3 is 19.5 Å². The first-order valence-electron chi connectivity index (χ1n) is 10.8. The average Bonchev–Trinajstić information content (AvgIpc) is 3.13. The van der Waals surface area contributed by atoms with Crippen molar-refractivity contribution in [1.82, 2.24) is 0 Å². The first kappa shape index (κ1) is 25.4. The molecule has 1 aliphatic rings. The van der Waals surface area contributed by atoms with E-state index in [9.17, 15) is 23.2 Å². The Balaban J connectivity index is 1.58. The molecule has 1 amide bonds. The molecule has 2 aromatic rings. The van der Waals surface area contributed by atoms with Gasteiger partial charge in [0.2, 0.25) is 0 Å². The number of amides is 1. The molecule has 1 atom stereocenters. The fourth-order valence-electron chi connectivity index (χ4n) is 3.53. The Labute approximate surface area is 199 Å².